The second kappa shape index (κ2) is 7.53. The van der Waals surface area contributed by atoms with E-state index in [9.17, 15) is 4.79 Å². The third kappa shape index (κ3) is 3.89. The Balaban J connectivity index is 1.95. The van der Waals surface area contributed by atoms with Crippen molar-refractivity contribution in [2.45, 2.75) is 38.1 Å². The van der Waals surface area contributed by atoms with Crippen molar-refractivity contribution >= 4 is 17.5 Å². The first-order chi connectivity index (χ1) is 9.74. The zero-order chi connectivity index (χ0) is 14.4. The topological polar surface area (TPSA) is 29.5 Å². The summed E-state index contributed by atoms with van der Waals surface area (Å²) in [5, 5.41) is 0. The molecule has 0 atom stereocenters. The number of benzene rings is 1. The number of hydrogen-bond donors (Lipinski definition) is 0. The van der Waals surface area contributed by atoms with E-state index in [-0.39, 0.29) is 5.91 Å². The van der Waals surface area contributed by atoms with Crippen molar-refractivity contribution in [1.82, 2.24) is 4.90 Å². The first-order valence-electron chi connectivity index (χ1n) is 7.23. The summed E-state index contributed by atoms with van der Waals surface area (Å²) in [5.74, 6) is 1.64. The summed E-state index contributed by atoms with van der Waals surface area (Å²) in [6.45, 7) is 0.781. The molecular weight excluding hydrogens is 274 g/mol. The van der Waals surface area contributed by atoms with Crippen LogP contribution in [0.25, 0.3) is 0 Å². The highest BCUT2D eigenvalue weighted by Crippen LogP contribution is 2.26. The maximum Gasteiger partial charge on any atom is 0.227 e. The molecule has 2 rings (SSSR count). The van der Waals surface area contributed by atoms with Gasteiger partial charge in [0.15, 0.2) is 0 Å². The largest absolute Gasteiger partial charge is 0.497 e. The number of amides is 1. The standard InChI is InChI=1S/C16H22ClNO2/c1-20-15-8-6-13(7-9-15)12-16(19)18(11-3-10-17)14-4-2-5-14/h6-9,14H,2-5,10-12H2,1H3. The van der Waals surface area contributed by atoms with Gasteiger partial charge in [0.25, 0.3) is 0 Å². The van der Waals surface area contributed by atoms with Crippen molar-refractivity contribution in [3.63, 3.8) is 0 Å². The second-order valence-electron chi connectivity index (χ2n) is 5.24. The van der Waals surface area contributed by atoms with E-state index in [1.54, 1.807) is 7.11 Å². The molecule has 20 heavy (non-hydrogen) atoms. The van der Waals surface area contributed by atoms with E-state index in [1.807, 2.05) is 29.2 Å². The van der Waals surface area contributed by atoms with Crippen LogP contribution in [-0.4, -0.2) is 36.4 Å². The molecule has 0 saturated heterocycles. The molecule has 0 unspecified atom stereocenters. The zero-order valence-corrected chi connectivity index (χ0v) is 12.7. The fourth-order valence-corrected chi connectivity index (χ4v) is 2.58. The Hall–Kier alpha value is -1.22. The van der Waals surface area contributed by atoms with Crippen LogP contribution in [0.2, 0.25) is 0 Å². The van der Waals surface area contributed by atoms with Gasteiger partial charge in [0.05, 0.1) is 13.5 Å². The number of alkyl halides is 1. The Bertz CT molecular complexity index is 429. The fraction of sp³-hybridized carbons (Fsp3) is 0.562. The van der Waals surface area contributed by atoms with E-state index in [2.05, 4.69) is 0 Å². The van der Waals surface area contributed by atoms with E-state index in [1.165, 1.54) is 6.42 Å². The minimum Gasteiger partial charge on any atom is -0.497 e. The maximum atomic E-state index is 12.5. The van der Waals surface area contributed by atoms with Crippen LogP contribution in [-0.2, 0) is 11.2 Å². The second-order valence-corrected chi connectivity index (χ2v) is 5.62. The molecule has 0 N–H and O–H groups in total. The van der Waals surface area contributed by atoms with Gasteiger partial charge in [0.2, 0.25) is 5.91 Å². The molecular formula is C16H22ClNO2. The fourth-order valence-electron chi connectivity index (χ4n) is 2.46. The van der Waals surface area contributed by atoms with Crippen LogP contribution < -0.4 is 4.74 Å². The summed E-state index contributed by atoms with van der Waals surface area (Å²) in [5.41, 5.74) is 1.03. The van der Waals surface area contributed by atoms with Crippen molar-refractivity contribution in [1.29, 1.82) is 0 Å². The van der Waals surface area contributed by atoms with E-state index in [0.29, 0.717) is 18.3 Å². The van der Waals surface area contributed by atoms with Crippen molar-refractivity contribution in [2.75, 3.05) is 19.5 Å². The van der Waals surface area contributed by atoms with Crippen LogP contribution in [0.15, 0.2) is 24.3 Å². The average Bonchev–Trinajstić information content (AvgIpc) is 2.42. The van der Waals surface area contributed by atoms with Crippen LogP contribution >= 0.6 is 11.6 Å². The average molecular weight is 296 g/mol. The Morgan fingerprint density at radius 2 is 2.05 bits per heavy atom. The van der Waals surface area contributed by atoms with Crippen LogP contribution in [0.3, 0.4) is 0 Å². The van der Waals surface area contributed by atoms with Gasteiger partial charge < -0.3 is 9.64 Å². The minimum absolute atomic E-state index is 0.213. The first-order valence-corrected chi connectivity index (χ1v) is 7.76. The van der Waals surface area contributed by atoms with Crippen molar-refractivity contribution in [3.05, 3.63) is 29.8 Å². The summed E-state index contributed by atoms with van der Waals surface area (Å²) >= 11 is 5.76. The number of methoxy groups -OCH3 is 1. The monoisotopic (exact) mass is 295 g/mol. The van der Waals surface area contributed by atoms with Gasteiger partial charge >= 0.3 is 0 Å². The molecule has 0 spiro atoms. The lowest BCUT2D eigenvalue weighted by Gasteiger charge is -2.37. The van der Waals surface area contributed by atoms with Crippen LogP contribution in [0.4, 0.5) is 0 Å². The van der Waals surface area contributed by atoms with Crippen LogP contribution in [0.5, 0.6) is 5.75 Å². The molecule has 0 radical (unpaired) electrons. The van der Waals surface area contributed by atoms with Gasteiger partial charge in [0.1, 0.15) is 5.75 Å². The minimum atomic E-state index is 0.213. The lowest BCUT2D eigenvalue weighted by Crippen LogP contribution is -2.45. The van der Waals surface area contributed by atoms with Crippen molar-refractivity contribution in [2.24, 2.45) is 0 Å². The summed E-state index contributed by atoms with van der Waals surface area (Å²) in [4.78, 5) is 14.5. The van der Waals surface area contributed by atoms with Gasteiger partial charge in [-0.05, 0) is 43.4 Å². The van der Waals surface area contributed by atoms with E-state index >= 15 is 0 Å². The molecule has 0 bridgehead atoms. The summed E-state index contributed by atoms with van der Waals surface area (Å²) < 4.78 is 5.13. The lowest BCUT2D eigenvalue weighted by atomic mass is 9.91. The molecule has 0 aromatic heterocycles. The maximum absolute atomic E-state index is 12.5. The highest BCUT2D eigenvalue weighted by atomic mass is 35.5. The number of carbonyl (C=O) groups excluding carboxylic acids is 1. The molecule has 110 valence electrons. The zero-order valence-electron chi connectivity index (χ0n) is 12.0. The van der Waals surface area contributed by atoms with E-state index < -0.39 is 0 Å². The molecule has 4 heteroatoms. The number of ether oxygens (including phenoxy) is 1. The molecule has 1 aliphatic carbocycles. The highest BCUT2D eigenvalue weighted by Gasteiger charge is 2.28. The first kappa shape index (κ1) is 15.2. The SMILES string of the molecule is COc1ccc(CC(=O)N(CCCCl)C2CCC2)cc1. The van der Waals surface area contributed by atoms with Gasteiger partial charge in [0, 0.05) is 18.5 Å². The van der Waals surface area contributed by atoms with Crippen LogP contribution in [0, 0.1) is 0 Å². The number of hydrogen-bond acceptors (Lipinski definition) is 2. The molecule has 0 heterocycles. The summed E-state index contributed by atoms with van der Waals surface area (Å²) in [6, 6.07) is 8.14. The van der Waals surface area contributed by atoms with Gasteiger partial charge in [-0.3, -0.25) is 4.79 Å². The van der Waals surface area contributed by atoms with E-state index in [4.69, 9.17) is 16.3 Å². The van der Waals surface area contributed by atoms with Gasteiger partial charge in [-0.15, -0.1) is 11.6 Å². The van der Waals surface area contributed by atoms with Crippen molar-refractivity contribution < 1.29 is 9.53 Å². The smallest absolute Gasteiger partial charge is 0.227 e. The van der Waals surface area contributed by atoms with Gasteiger partial charge in [-0.2, -0.15) is 0 Å². The van der Waals surface area contributed by atoms with E-state index in [0.717, 1.165) is 37.1 Å². The normalized spacial score (nSPS) is 14.7. The highest BCUT2D eigenvalue weighted by molar-refractivity contribution is 6.17. The summed E-state index contributed by atoms with van der Waals surface area (Å²) in [7, 11) is 1.64. The number of carbonyl (C=O) groups is 1. The Morgan fingerprint density at radius 1 is 1.35 bits per heavy atom. The van der Waals surface area contributed by atoms with Gasteiger partial charge in [-0.1, -0.05) is 12.1 Å². The van der Waals surface area contributed by atoms with Crippen LogP contribution in [0.1, 0.15) is 31.2 Å². The van der Waals surface area contributed by atoms with Gasteiger partial charge in [-0.25, -0.2) is 0 Å². The number of halogens is 1. The molecule has 1 aromatic carbocycles. The lowest BCUT2D eigenvalue weighted by molar-refractivity contribution is -0.134. The molecule has 1 aliphatic rings. The molecule has 0 aliphatic heterocycles. The summed E-state index contributed by atoms with van der Waals surface area (Å²) in [6.07, 6.45) is 4.83. The quantitative estimate of drug-likeness (QED) is 0.723. The third-order valence-corrected chi connectivity index (χ3v) is 4.15. The molecule has 3 nitrogen and oxygen atoms in total. The molecule has 1 amide bonds. The molecule has 1 saturated carbocycles. The molecule has 1 aromatic rings. The number of rotatable bonds is 7. The Morgan fingerprint density at radius 3 is 2.55 bits per heavy atom. The Labute approximate surface area is 125 Å². The Kier molecular flexibility index (Phi) is 5.72. The predicted octanol–water partition coefficient (Wildman–Crippen LogP) is 3.25. The van der Waals surface area contributed by atoms with Crippen molar-refractivity contribution in [3.8, 4) is 5.75 Å². The number of nitrogens with zero attached hydrogens (tertiary/aromatic N) is 1. The predicted molar refractivity (Wildman–Crippen MR) is 81.4 cm³/mol. The third-order valence-electron chi connectivity index (χ3n) is 3.88. The molecule has 1 fully saturated rings.